The summed E-state index contributed by atoms with van der Waals surface area (Å²) in [6.07, 6.45) is 36.8. The van der Waals surface area contributed by atoms with Crippen molar-refractivity contribution in [2.75, 3.05) is 47.5 Å². The lowest BCUT2D eigenvalue weighted by molar-refractivity contribution is -0.870. The van der Waals surface area contributed by atoms with E-state index >= 15 is 0 Å². The molecular formula is C43H85NO8P+. The predicted octanol–water partition coefficient (Wildman–Crippen LogP) is 12.2. The van der Waals surface area contributed by atoms with E-state index in [-0.39, 0.29) is 25.6 Å². The summed E-state index contributed by atoms with van der Waals surface area (Å²) in [7, 11) is 1.47. The highest BCUT2D eigenvalue weighted by molar-refractivity contribution is 7.47. The third-order valence-electron chi connectivity index (χ3n) is 9.55. The molecule has 0 saturated heterocycles. The molecular weight excluding hydrogens is 689 g/mol. The van der Waals surface area contributed by atoms with Crippen molar-refractivity contribution in [3.63, 3.8) is 0 Å². The van der Waals surface area contributed by atoms with E-state index in [1.165, 1.54) is 128 Å². The first kappa shape index (κ1) is 51.8. The lowest BCUT2D eigenvalue weighted by Crippen LogP contribution is -2.37. The zero-order valence-corrected chi connectivity index (χ0v) is 36.2. The number of ether oxygens (including phenoxy) is 2. The fourth-order valence-electron chi connectivity index (χ4n) is 6.07. The van der Waals surface area contributed by atoms with Crippen LogP contribution in [-0.2, 0) is 32.7 Å². The summed E-state index contributed by atoms with van der Waals surface area (Å²) in [5, 5.41) is 0. The highest BCUT2D eigenvalue weighted by Crippen LogP contribution is 2.43. The molecule has 0 fully saturated rings. The van der Waals surface area contributed by atoms with Gasteiger partial charge in [-0.25, -0.2) is 4.57 Å². The van der Waals surface area contributed by atoms with Gasteiger partial charge in [-0.3, -0.25) is 18.6 Å². The summed E-state index contributed by atoms with van der Waals surface area (Å²) in [5.41, 5.74) is 0. The maximum atomic E-state index is 12.7. The summed E-state index contributed by atoms with van der Waals surface area (Å²) in [6, 6.07) is 0. The number of quaternary nitrogens is 1. The Morgan fingerprint density at radius 1 is 0.566 bits per heavy atom. The summed E-state index contributed by atoms with van der Waals surface area (Å²) in [6.45, 7) is 4.42. The van der Waals surface area contributed by atoms with Crippen LogP contribution in [0.2, 0.25) is 0 Å². The molecule has 0 bridgehead atoms. The monoisotopic (exact) mass is 775 g/mol. The zero-order valence-electron chi connectivity index (χ0n) is 35.3. The van der Waals surface area contributed by atoms with Crippen LogP contribution in [0.25, 0.3) is 0 Å². The second-order valence-corrected chi connectivity index (χ2v) is 17.5. The van der Waals surface area contributed by atoms with Gasteiger partial charge >= 0.3 is 19.8 Å². The van der Waals surface area contributed by atoms with Crippen LogP contribution >= 0.6 is 7.82 Å². The first-order chi connectivity index (χ1) is 25.5. The molecule has 10 heteroatoms. The van der Waals surface area contributed by atoms with Crippen LogP contribution in [0.4, 0.5) is 0 Å². The summed E-state index contributed by atoms with van der Waals surface area (Å²) in [5.74, 6) is -0.815. The topological polar surface area (TPSA) is 108 Å². The Labute approximate surface area is 326 Å². The van der Waals surface area contributed by atoms with E-state index in [2.05, 4.69) is 26.0 Å². The van der Waals surface area contributed by atoms with Crippen molar-refractivity contribution in [3.8, 4) is 0 Å². The van der Waals surface area contributed by atoms with Gasteiger partial charge in [0.25, 0.3) is 0 Å². The van der Waals surface area contributed by atoms with Crippen LogP contribution in [0.5, 0.6) is 0 Å². The van der Waals surface area contributed by atoms with Crippen LogP contribution in [0.3, 0.4) is 0 Å². The molecule has 0 spiro atoms. The smallest absolute Gasteiger partial charge is 0.462 e. The van der Waals surface area contributed by atoms with E-state index in [1.807, 2.05) is 21.1 Å². The van der Waals surface area contributed by atoms with Crippen LogP contribution in [-0.4, -0.2) is 74.9 Å². The van der Waals surface area contributed by atoms with Gasteiger partial charge in [0.05, 0.1) is 27.7 Å². The summed E-state index contributed by atoms with van der Waals surface area (Å²) >= 11 is 0. The standard InChI is InChI=1S/C43H84NO8P/c1-6-8-10-12-14-16-18-20-22-24-26-28-30-32-34-36-43(46)52-41(40-51-53(47,48)50-38-37-44(3,4)5)39-49-42(45)35-33-31-29-27-25-23-21-19-17-15-13-11-9-7-2/h26,28,41H,6-25,27,29-40H2,1-5H3/p+1/b28-26+/t41-/m1/s1. The van der Waals surface area contributed by atoms with Gasteiger partial charge in [0.15, 0.2) is 6.10 Å². The molecule has 1 N–H and O–H groups in total. The summed E-state index contributed by atoms with van der Waals surface area (Å²) in [4.78, 5) is 35.3. The highest BCUT2D eigenvalue weighted by Gasteiger charge is 2.27. The molecule has 0 aliphatic heterocycles. The van der Waals surface area contributed by atoms with Crippen molar-refractivity contribution in [1.29, 1.82) is 0 Å². The van der Waals surface area contributed by atoms with Gasteiger partial charge in [-0.1, -0.05) is 161 Å². The second kappa shape index (κ2) is 36.4. The SMILES string of the molecule is CCCCCCCCCCC/C=C/CCCCC(=O)O[C@H](COC(=O)CCCCCCCCCCCCCCCC)COP(=O)(O)OCC[N+](C)(C)C. The average molecular weight is 775 g/mol. The molecule has 9 nitrogen and oxygen atoms in total. The number of allylic oxidation sites excluding steroid dienone is 2. The van der Waals surface area contributed by atoms with Crippen molar-refractivity contribution in [1.82, 2.24) is 0 Å². The van der Waals surface area contributed by atoms with E-state index in [0.717, 1.165) is 38.5 Å². The van der Waals surface area contributed by atoms with Gasteiger partial charge in [-0.15, -0.1) is 0 Å². The Balaban J connectivity index is 4.37. The van der Waals surface area contributed by atoms with Crippen molar-refractivity contribution >= 4 is 19.8 Å². The number of rotatable bonds is 40. The van der Waals surface area contributed by atoms with E-state index in [4.69, 9.17) is 18.5 Å². The number of esters is 2. The average Bonchev–Trinajstić information content (AvgIpc) is 3.10. The number of carbonyl (C=O) groups is 2. The normalized spacial score (nSPS) is 13.7. The molecule has 0 aliphatic carbocycles. The summed E-state index contributed by atoms with van der Waals surface area (Å²) < 4.78 is 34.3. The Kier molecular flexibility index (Phi) is 35.5. The number of hydrogen-bond acceptors (Lipinski definition) is 7. The molecule has 0 amide bonds. The second-order valence-electron chi connectivity index (χ2n) is 16.1. The number of phosphoric acid groups is 1. The third kappa shape index (κ3) is 40.2. The predicted molar refractivity (Wildman–Crippen MR) is 220 cm³/mol. The van der Waals surface area contributed by atoms with E-state index in [1.54, 1.807) is 0 Å². The molecule has 0 heterocycles. The number of hydrogen-bond donors (Lipinski definition) is 1. The van der Waals surface area contributed by atoms with E-state index in [9.17, 15) is 19.0 Å². The van der Waals surface area contributed by atoms with Crippen molar-refractivity contribution in [2.45, 2.75) is 206 Å². The lowest BCUT2D eigenvalue weighted by atomic mass is 10.0. The molecule has 0 saturated carbocycles. The third-order valence-corrected chi connectivity index (χ3v) is 10.5. The quantitative estimate of drug-likeness (QED) is 0.0215. The molecule has 0 aliphatic rings. The molecule has 0 rings (SSSR count). The molecule has 314 valence electrons. The van der Waals surface area contributed by atoms with Crippen LogP contribution < -0.4 is 0 Å². The van der Waals surface area contributed by atoms with E-state index < -0.39 is 26.5 Å². The number of likely N-dealkylation sites (N-methyl/N-ethyl adjacent to an activating group) is 1. The Hall–Kier alpha value is -1.25. The molecule has 1 unspecified atom stereocenters. The molecule has 53 heavy (non-hydrogen) atoms. The van der Waals surface area contributed by atoms with Crippen molar-refractivity contribution in [2.24, 2.45) is 0 Å². The minimum atomic E-state index is -4.37. The number of nitrogens with zero attached hydrogens (tertiary/aromatic N) is 1. The maximum Gasteiger partial charge on any atom is 0.472 e. The number of unbranched alkanes of at least 4 members (excludes halogenated alkanes) is 24. The highest BCUT2D eigenvalue weighted by atomic mass is 31.2. The minimum Gasteiger partial charge on any atom is -0.462 e. The van der Waals surface area contributed by atoms with Gasteiger partial charge in [-0.05, 0) is 38.5 Å². The molecule has 0 aromatic carbocycles. The van der Waals surface area contributed by atoms with Crippen molar-refractivity contribution < 1.29 is 42.1 Å². The minimum absolute atomic E-state index is 0.0313. The first-order valence-corrected chi connectivity index (χ1v) is 23.4. The Bertz CT molecular complexity index is 922. The van der Waals surface area contributed by atoms with Gasteiger partial charge in [0.2, 0.25) is 0 Å². The van der Waals surface area contributed by atoms with Gasteiger partial charge in [0, 0.05) is 12.8 Å². The number of carbonyl (C=O) groups excluding carboxylic acids is 2. The van der Waals surface area contributed by atoms with Gasteiger partial charge in [-0.2, -0.15) is 0 Å². The maximum absolute atomic E-state index is 12.7. The molecule has 0 radical (unpaired) electrons. The zero-order chi connectivity index (χ0) is 39.3. The van der Waals surface area contributed by atoms with Crippen LogP contribution in [0.1, 0.15) is 200 Å². The Morgan fingerprint density at radius 2 is 0.962 bits per heavy atom. The number of phosphoric ester groups is 1. The van der Waals surface area contributed by atoms with Gasteiger partial charge < -0.3 is 18.9 Å². The van der Waals surface area contributed by atoms with Crippen molar-refractivity contribution in [3.05, 3.63) is 12.2 Å². The fraction of sp³-hybridized carbons (Fsp3) is 0.907. The molecule has 0 aromatic rings. The molecule has 0 aromatic heterocycles. The fourth-order valence-corrected chi connectivity index (χ4v) is 6.81. The van der Waals surface area contributed by atoms with Crippen LogP contribution in [0.15, 0.2) is 12.2 Å². The Morgan fingerprint density at radius 3 is 1.43 bits per heavy atom. The largest absolute Gasteiger partial charge is 0.472 e. The lowest BCUT2D eigenvalue weighted by Gasteiger charge is -2.24. The van der Waals surface area contributed by atoms with Crippen LogP contribution in [0, 0.1) is 0 Å². The van der Waals surface area contributed by atoms with E-state index in [0.29, 0.717) is 23.9 Å². The first-order valence-electron chi connectivity index (χ1n) is 21.9. The van der Waals surface area contributed by atoms with Gasteiger partial charge in [0.1, 0.15) is 19.8 Å². The molecule has 2 atom stereocenters.